The number of hydrogen-bond donors (Lipinski definition) is 0. The van der Waals surface area contributed by atoms with E-state index in [0.717, 1.165) is 11.8 Å². The lowest BCUT2D eigenvalue weighted by atomic mass is 9.70. The van der Waals surface area contributed by atoms with Crippen molar-refractivity contribution in [1.82, 2.24) is 0 Å². The van der Waals surface area contributed by atoms with Crippen LogP contribution in [0.1, 0.15) is 58.8 Å². The van der Waals surface area contributed by atoms with Crippen molar-refractivity contribution in [3.05, 3.63) is 0 Å². The van der Waals surface area contributed by atoms with Gasteiger partial charge < -0.3 is 4.74 Å². The monoisotopic (exact) mass is 198 g/mol. The first-order valence-corrected chi connectivity index (χ1v) is 6.43. The molecule has 0 bridgehead atoms. The summed E-state index contributed by atoms with van der Waals surface area (Å²) < 4.78 is 5.44. The minimum atomic E-state index is 0.587. The van der Waals surface area contributed by atoms with Crippen molar-refractivity contribution >= 4 is 0 Å². The zero-order chi connectivity index (χ0) is 10.4. The van der Waals surface area contributed by atoms with Crippen LogP contribution in [0.3, 0.4) is 0 Å². The minimum Gasteiger partial charge on any atom is -0.381 e. The van der Waals surface area contributed by atoms with Crippen molar-refractivity contribution in [2.24, 2.45) is 11.8 Å². The second-order valence-corrected chi connectivity index (χ2v) is 4.48. The summed E-state index contributed by atoms with van der Waals surface area (Å²) >= 11 is 0. The average Bonchev–Trinajstić information content (AvgIpc) is 2.31. The Hall–Kier alpha value is -0.0400. The lowest BCUT2D eigenvalue weighted by Gasteiger charge is -2.38. The van der Waals surface area contributed by atoms with Crippen LogP contribution in [-0.4, -0.2) is 13.2 Å². The van der Waals surface area contributed by atoms with Crippen LogP contribution in [0.5, 0.6) is 0 Å². The number of hydrogen-bond acceptors (Lipinski definition) is 1. The highest BCUT2D eigenvalue weighted by atomic mass is 16.5. The van der Waals surface area contributed by atoms with Crippen molar-refractivity contribution in [3.8, 4) is 0 Å². The van der Waals surface area contributed by atoms with Gasteiger partial charge in [0, 0.05) is 7.11 Å². The molecule has 0 aromatic heterocycles. The highest BCUT2D eigenvalue weighted by Gasteiger charge is 2.31. The molecule has 0 N–H and O–H groups in total. The molecule has 0 radical (unpaired) electrons. The van der Waals surface area contributed by atoms with Gasteiger partial charge in [0.25, 0.3) is 0 Å². The van der Waals surface area contributed by atoms with E-state index in [9.17, 15) is 0 Å². The summed E-state index contributed by atoms with van der Waals surface area (Å²) in [5.41, 5.74) is 0. The molecule has 2 fully saturated rings. The van der Waals surface area contributed by atoms with Gasteiger partial charge in [0.15, 0.2) is 0 Å². The highest BCUT2D eigenvalue weighted by Crippen LogP contribution is 2.40. The molecule has 1 nitrogen and oxygen atoms in total. The molecule has 2 aliphatic rings. The van der Waals surface area contributed by atoms with Gasteiger partial charge >= 0.3 is 0 Å². The molecule has 3 atom stereocenters. The smallest absolute Gasteiger partial charge is 0.0574 e. The Balaban J connectivity index is 0.000000461. The number of methoxy groups -OCH3 is 1. The second-order valence-electron chi connectivity index (χ2n) is 4.48. The Kier molecular flexibility index (Phi) is 5.54. The van der Waals surface area contributed by atoms with E-state index < -0.39 is 0 Å². The van der Waals surface area contributed by atoms with Crippen LogP contribution < -0.4 is 0 Å². The molecular weight excluding hydrogens is 172 g/mol. The van der Waals surface area contributed by atoms with Gasteiger partial charge in [0.05, 0.1) is 6.10 Å². The van der Waals surface area contributed by atoms with Gasteiger partial charge in [-0.05, 0) is 31.1 Å². The summed E-state index contributed by atoms with van der Waals surface area (Å²) in [6.45, 7) is 4.00. The molecule has 1 heteroatoms. The van der Waals surface area contributed by atoms with Crippen LogP contribution in [-0.2, 0) is 4.74 Å². The maximum atomic E-state index is 5.44. The number of ether oxygens (including phenoxy) is 1. The van der Waals surface area contributed by atoms with E-state index in [0.29, 0.717) is 6.10 Å². The number of fused-ring (bicyclic) bond motifs is 1. The molecule has 2 aliphatic carbocycles. The highest BCUT2D eigenvalue weighted by molar-refractivity contribution is 4.83. The Labute approximate surface area is 89.2 Å². The predicted molar refractivity (Wildman–Crippen MR) is 61.4 cm³/mol. The van der Waals surface area contributed by atoms with E-state index in [2.05, 4.69) is 0 Å². The van der Waals surface area contributed by atoms with Crippen molar-refractivity contribution < 1.29 is 4.74 Å². The molecule has 2 saturated carbocycles. The lowest BCUT2D eigenvalue weighted by Crippen LogP contribution is -2.31. The van der Waals surface area contributed by atoms with Crippen LogP contribution in [0.15, 0.2) is 0 Å². The van der Waals surface area contributed by atoms with E-state index in [4.69, 9.17) is 4.74 Å². The summed E-state index contributed by atoms with van der Waals surface area (Å²) in [7, 11) is 1.87. The summed E-state index contributed by atoms with van der Waals surface area (Å²) in [5, 5.41) is 0. The number of rotatable bonds is 1. The maximum Gasteiger partial charge on any atom is 0.0574 e. The Morgan fingerprint density at radius 1 is 0.857 bits per heavy atom. The van der Waals surface area contributed by atoms with E-state index in [1.807, 2.05) is 21.0 Å². The van der Waals surface area contributed by atoms with Gasteiger partial charge in [-0.15, -0.1) is 0 Å². The third kappa shape index (κ3) is 2.98. The fourth-order valence-electron chi connectivity index (χ4n) is 3.04. The second kappa shape index (κ2) is 6.44. The normalized spacial score (nSPS) is 36.6. The zero-order valence-corrected chi connectivity index (χ0v) is 10.1. The Morgan fingerprint density at radius 2 is 1.50 bits per heavy atom. The zero-order valence-electron chi connectivity index (χ0n) is 10.1. The topological polar surface area (TPSA) is 9.23 Å². The first kappa shape index (κ1) is 12.0. The van der Waals surface area contributed by atoms with E-state index in [1.54, 1.807) is 0 Å². The van der Waals surface area contributed by atoms with Gasteiger partial charge in [-0.1, -0.05) is 39.5 Å². The van der Waals surface area contributed by atoms with E-state index >= 15 is 0 Å². The van der Waals surface area contributed by atoms with Gasteiger partial charge in [-0.25, -0.2) is 0 Å². The lowest BCUT2D eigenvalue weighted by molar-refractivity contribution is 0.0155. The van der Waals surface area contributed by atoms with Crippen LogP contribution in [0.4, 0.5) is 0 Å². The van der Waals surface area contributed by atoms with Gasteiger partial charge in [-0.3, -0.25) is 0 Å². The molecule has 2 rings (SSSR count). The third-order valence-corrected chi connectivity index (χ3v) is 3.82. The van der Waals surface area contributed by atoms with Crippen LogP contribution >= 0.6 is 0 Å². The molecule has 0 heterocycles. The molecule has 0 aromatic carbocycles. The summed E-state index contributed by atoms with van der Waals surface area (Å²) in [5.74, 6) is 2.07. The Bertz CT molecular complexity index is 144. The van der Waals surface area contributed by atoms with Crippen LogP contribution in [0, 0.1) is 11.8 Å². The largest absolute Gasteiger partial charge is 0.381 e. The van der Waals surface area contributed by atoms with Gasteiger partial charge in [-0.2, -0.15) is 0 Å². The first-order chi connectivity index (χ1) is 6.90. The van der Waals surface area contributed by atoms with Crippen LogP contribution in [0.25, 0.3) is 0 Å². The first-order valence-electron chi connectivity index (χ1n) is 6.43. The fraction of sp³-hybridized carbons (Fsp3) is 1.00. The fourth-order valence-corrected chi connectivity index (χ4v) is 3.04. The predicted octanol–water partition coefficient (Wildman–Crippen LogP) is 4.02. The maximum absolute atomic E-state index is 5.44. The molecular formula is C13H26O. The van der Waals surface area contributed by atoms with Crippen molar-refractivity contribution in [3.63, 3.8) is 0 Å². The van der Waals surface area contributed by atoms with Gasteiger partial charge in [0.1, 0.15) is 0 Å². The molecule has 14 heavy (non-hydrogen) atoms. The summed E-state index contributed by atoms with van der Waals surface area (Å²) in [6.07, 6.45) is 10.6. The summed E-state index contributed by atoms with van der Waals surface area (Å²) in [6, 6.07) is 0. The van der Waals surface area contributed by atoms with Crippen molar-refractivity contribution in [2.45, 2.75) is 64.9 Å². The molecule has 0 aliphatic heterocycles. The average molecular weight is 198 g/mol. The SMILES string of the molecule is CC.COC1CCC2CCCCC2C1. The quantitative estimate of drug-likeness (QED) is 0.618. The molecule has 0 amide bonds. The molecule has 0 spiro atoms. The third-order valence-electron chi connectivity index (χ3n) is 3.82. The van der Waals surface area contributed by atoms with Crippen LogP contribution in [0.2, 0.25) is 0 Å². The van der Waals surface area contributed by atoms with Gasteiger partial charge in [0.2, 0.25) is 0 Å². The summed E-state index contributed by atoms with van der Waals surface area (Å²) in [4.78, 5) is 0. The standard InChI is InChI=1S/C11H20O.C2H6/c1-12-11-7-6-9-4-2-3-5-10(9)8-11;1-2/h9-11H,2-8H2,1H3;1-2H3. The van der Waals surface area contributed by atoms with Crippen molar-refractivity contribution in [2.75, 3.05) is 7.11 Å². The Morgan fingerprint density at radius 3 is 2.14 bits per heavy atom. The van der Waals surface area contributed by atoms with E-state index in [1.165, 1.54) is 44.9 Å². The molecule has 0 aromatic rings. The molecule has 3 unspecified atom stereocenters. The minimum absolute atomic E-state index is 0.587. The molecule has 0 saturated heterocycles. The van der Waals surface area contributed by atoms with E-state index in [-0.39, 0.29) is 0 Å². The van der Waals surface area contributed by atoms with Crippen molar-refractivity contribution in [1.29, 1.82) is 0 Å². The molecule has 84 valence electrons.